The fourth-order valence-corrected chi connectivity index (χ4v) is 6.74. The van der Waals surface area contributed by atoms with E-state index in [0.717, 1.165) is 21.0 Å². The third kappa shape index (κ3) is 8.49. The predicted octanol–water partition coefficient (Wildman–Crippen LogP) is 6.32. The van der Waals surface area contributed by atoms with Gasteiger partial charge in [-0.05, 0) is 86.3 Å². The minimum Gasteiger partial charge on any atom is -0.352 e. The number of amides is 2. The van der Waals surface area contributed by atoms with Crippen molar-refractivity contribution in [2.75, 3.05) is 10.8 Å². The number of aryl methyl sites for hydroxylation is 2. The van der Waals surface area contributed by atoms with Crippen LogP contribution in [0.4, 0.5) is 5.69 Å². The number of carbonyl (C=O) groups is 2. The van der Waals surface area contributed by atoms with Gasteiger partial charge < -0.3 is 10.2 Å². The molecule has 0 aliphatic heterocycles. The number of hydrogen-bond donors (Lipinski definition) is 1. The molecule has 9 heteroatoms. The molecule has 4 aromatic rings. The Balaban J connectivity index is 1.82. The van der Waals surface area contributed by atoms with Crippen LogP contribution in [0.3, 0.4) is 0 Å². The van der Waals surface area contributed by atoms with E-state index in [-0.39, 0.29) is 29.8 Å². The normalized spacial score (nSPS) is 12.0. The summed E-state index contributed by atoms with van der Waals surface area (Å²) in [7, 11) is -4.16. The largest absolute Gasteiger partial charge is 0.352 e. The molecule has 0 bridgehead atoms. The van der Waals surface area contributed by atoms with E-state index >= 15 is 0 Å². The minimum atomic E-state index is -4.16. The maximum Gasteiger partial charge on any atom is 0.264 e. The molecule has 230 valence electrons. The molecule has 0 saturated carbocycles. The van der Waals surface area contributed by atoms with Gasteiger partial charge in [0, 0.05) is 24.0 Å². The van der Waals surface area contributed by atoms with Gasteiger partial charge in [-0.2, -0.15) is 0 Å². The van der Waals surface area contributed by atoms with Crippen LogP contribution in [0.1, 0.15) is 36.1 Å². The van der Waals surface area contributed by atoms with Crippen molar-refractivity contribution < 1.29 is 18.0 Å². The van der Waals surface area contributed by atoms with Crippen molar-refractivity contribution in [3.63, 3.8) is 0 Å². The van der Waals surface area contributed by atoms with Crippen LogP contribution in [0.5, 0.6) is 0 Å². The van der Waals surface area contributed by atoms with E-state index in [1.54, 1.807) is 48.5 Å². The van der Waals surface area contributed by atoms with Crippen molar-refractivity contribution in [3.05, 3.63) is 130 Å². The van der Waals surface area contributed by atoms with Gasteiger partial charge in [0.25, 0.3) is 10.0 Å². The predicted molar refractivity (Wildman–Crippen MR) is 176 cm³/mol. The molecule has 0 aliphatic carbocycles. The summed E-state index contributed by atoms with van der Waals surface area (Å²) in [5, 5.41) is 3.45. The second-order valence-electron chi connectivity index (χ2n) is 11.2. The highest BCUT2D eigenvalue weighted by atomic mass is 35.5. The lowest BCUT2D eigenvalue weighted by atomic mass is 10.0. The summed E-state index contributed by atoms with van der Waals surface area (Å²) in [6, 6.07) is 28.9. The zero-order valence-corrected chi connectivity index (χ0v) is 27.0. The van der Waals surface area contributed by atoms with Gasteiger partial charge in [-0.1, -0.05) is 78.3 Å². The van der Waals surface area contributed by atoms with Crippen LogP contribution in [-0.2, 0) is 32.6 Å². The molecule has 44 heavy (non-hydrogen) atoms. The van der Waals surface area contributed by atoms with Crippen LogP contribution in [0, 0.1) is 13.8 Å². The Bertz CT molecular complexity index is 1680. The maximum atomic E-state index is 14.5. The Hall–Kier alpha value is -4.14. The summed E-state index contributed by atoms with van der Waals surface area (Å²) < 4.78 is 29.4. The van der Waals surface area contributed by atoms with E-state index in [4.69, 9.17) is 11.6 Å². The zero-order valence-electron chi connectivity index (χ0n) is 25.4. The second kappa shape index (κ2) is 14.6. The fourth-order valence-electron chi connectivity index (χ4n) is 5.11. The fraction of sp³-hybridized carbons (Fsp3) is 0.257. The molecule has 7 nitrogen and oxygen atoms in total. The minimum absolute atomic E-state index is 0.0501. The van der Waals surface area contributed by atoms with Crippen LogP contribution in [-0.4, -0.2) is 43.8 Å². The number of carbonyl (C=O) groups excluding carboxylic acids is 2. The van der Waals surface area contributed by atoms with E-state index in [1.807, 2.05) is 70.2 Å². The van der Waals surface area contributed by atoms with Gasteiger partial charge in [-0.3, -0.25) is 13.9 Å². The summed E-state index contributed by atoms with van der Waals surface area (Å²) in [5.41, 5.74) is 3.66. The number of anilines is 1. The maximum absolute atomic E-state index is 14.5. The highest BCUT2D eigenvalue weighted by molar-refractivity contribution is 7.92. The number of nitrogens with one attached hydrogen (secondary N) is 1. The molecule has 0 spiro atoms. The SMILES string of the molecule is Cc1cc(C)cc(N(CC(=O)N(Cc2cccc(Cl)c2)C(Cc2ccccc2)C(=O)NC(C)C)S(=O)(=O)c2ccccc2)c1. The first kappa shape index (κ1) is 32.8. The van der Waals surface area contributed by atoms with Gasteiger partial charge in [-0.15, -0.1) is 0 Å². The molecular formula is C35H38ClN3O4S. The van der Waals surface area contributed by atoms with Crippen molar-refractivity contribution in [2.24, 2.45) is 0 Å². The lowest BCUT2D eigenvalue weighted by molar-refractivity contribution is -0.140. The van der Waals surface area contributed by atoms with Gasteiger partial charge >= 0.3 is 0 Å². The van der Waals surface area contributed by atoms with Crippen LogP contribution < -0.4 is 9.62 Å². The summed E-state index contributed by atoms with van der Waals surface area (Å²) in [6.07, 6.45) is 0.237. The second-order valence-corrected chi connectivity index (χ2v) is 13.5. The zero-order chi connectivity index (χ0) is 31.9. The number of hydrogen-bond acceptors (Lipinski definition) is 4. The molecule has 0 radical (unpaired) electrons. The van der Waals surface area contributed by atoms with Gasteiger partial charge in [-0.25, -0.2) is 8.42 Å². The number of halogens is 1. The van der Waals surface area contributed by atoms with Crippen molar-refractivity contribution in [1.82, 2.24) is 10.2 Å². The first-order chi connectivity index (χ1) is 20.9. The highest BCUT2D eigenvalue weighted by Gasteiger charge is 2.35. The van der Waals surface area contributed by atoms with Crippen LogP contribution >= 0.6 is 11.6 Å². The molecule has 2 amide bonds. The van der Waals surface area contributed by atoms with Crippen LogP contribution in [0.25, 0.3) is 0 Å². The third-order valence-corrected chi connectivity index (χ3v) is 9.07. The molecule has 1 atom stereocenters. The van der Waals surface area contributed by atoms with Crippen molar-refractivity contribution in [2.45, 2.75) is 57.6 Å². The Morgan fingerprint density at radius 3 is 1.98 bits per heavy atom. The number of nitrogens with zero attached hydrogens (tertiary/aromatic N) is 2. The summed E-state index contributed by atoms with van der Waals surface area (Å²) in [6.45, 7) is 7.01. The van der Waals surface area contributed by atoms with Gasteiger partial charge in [0.15, 0.2) is 0 Å². The van der Waals surface area contributed by atoms with E-state index in [2.05, 4.69) is 5.32 Å². The summed E-state index contributed by atoms with van der Waals surface area (Å²) >= 11 is 6.30. The lowest BCUT2D eigenvalue weighted by Crippen LogP contribution is -2.54. The van der Waals surface area contributed by atoms with Crippen LogP contribution in [0.2, 0.25) is 5.02 Å². The van der Waals surface area contributed by atoms with Crippen molar-refractivity contribution in [1.29, 1.82) is 0 Å². The van der Waals surface area contributed by atoms with Gasteiger partial charge in [0.1, 0.15) is 12.6 Å². The van der Waals surface area contributed by atoms with Gasteiger partial charge in [0.05, 0.1) is 10.6 Å². The third-order valence-electron chi connectivity index (χ3n) is 7.05. The molecule has 0 aromatic heterocycles. The molecule has 0 fully saturated rings. The average Bonchev–Trinajstić information content (AvgIpc) is 2.97. The van der Waals surface area contributed by atoms with E-state index < -0.39 is 28.5 Å². The summed E-state index contributed by atoms with van der Waals surface area (Å²) in [4.78, 5) is 29.8. The van der Waals surface area contributed by atoms with Crippen LogP contribution in [0.15, 0.2) is 108 Å². The van der Waals surface area contributed by atoms with Crippen molar-refractivity contribution in [3.8, 4) is 0 Å². The first-order valence-corrected chi connectivity index (χ1v) is 16.3. The number of sulfonamides is 1. The molecule has 4 aromatic carbocycles. The van der Waals surface area contributed by atoms with Gasteiger partial charge in [0.2, 0.25) is 11.8 Å². The summed E-state index contributed by atoms with van der Waals surface area (Å²) in [5.74, 6) is -0.855. The molecule has 4 rings (SSSR count). The molecule has 1 N–H and O–H groups in total. The monoisotopic (exact) mass is 631 g/mol. The van der Waals surface area contributed by atoms with Crippen molar-refractivity contribution >= 4 is 39.1 Å². The Kier molecular flexibility index (Phi) is 10.8. The average molecular weight is 632 g/mol. The molecule has 1 unspecified atom stereocenters. The smallest absolute Gasteiger partial charge is 0.264 e. The number of rotatable bonds is 12. The molecule has 0 saturated heterocycles. The van der Waals surface area contributed by atoms with E-state index in [1.165, 1.54) is 17.0 Å². The quantitative estimate of drug-likeness (QED) is 0.198. The molecular weight excluding hydrogens is 594 g/mol. The van der Waals surface area contributed by atoms with E-state index in [0.29, 0.717) is 16.3 Å². The Labute approximate surface area is 265 Å². The lowest BCUT2D eigenvalue weighted by Gasteiger charge is -2.34. The molecule has 0 heterocycles. The highest BCUT2D eigenvalue weighted by Crippen LogP contribution is 2.27. The standard InChI is InChI=1S/C35H38ClN3O4S/c1-25(2)37-35(41)33(22-28-12-7-5-8-13-28)38(23-29-14-11-15-30(36)21-29)34(40)24-39(31-19-26(3)18-27(4)20-31)44(42,43)32-16-9-6-10-17-32/h5-21,25,33H,22-24H2,1-4H3,(H,37,41). The molecule has 0 aliphatic rings. The first-order valence-electron chi connectivity index (χ1n) is 14.5. The Morgan fingerprint density at radius 1 is 0.795 bits per heavy atom. The topological polar surface area (TPSA) is 86.8 Å². The number of benzene rings is 4. The Morgan fingerprint density at radius 2 is 1.39 bits per heavy atom. The van der Waals surface area contributed by atoms with E-state index in [9.17, 15) is 18.0 Å².